The summed E-state index contributed by atoms with van der Waals surface area (Å²) in [6.07, 6.45) is 8.97. The molecule has 28 heavy (non-hydrogen) atoms. The molecule has 0 bridgehead atoms. The van der Waals surface area contributed by atoms with Gasteiger partial charge in [0.1, 0.15) is 4.21 Å². The second kappa shape index (κ2) is 9.67. The van der Waals surface area contributed by atoms with Crippen LogP contribution in [0.2, 0.25) is 0 Å². The fraction of sp³-hybridized carbons (Fsp3) is 0.579. The van der Waals surface area contributed by atoms with Gasteiger partial charge in [-0.3, -0.25) is 9.59 Å². The number of hydrogen-bond acceptors (Lipinski definition) is 5. The van der Waals surface area contributed by atoms with Crippen molar-refractivity contribution in [1.29, 1.82) is 0 Å². The van der Waals surface area contributed by atoms with E-state index in [-0.39, 0.29) is 12.6 Å². The summed E-state index contributed by atoms with van der Waals surface area (Å²) in [5.41, 5.74) is 1.34. The quantitative estimate of drug-likeness (QED) is 0.516. The van der Waals surface area contributed by atoms with Gasteiger partial charge in [0.15, 0.2) is 0 Å². The summed E-state index contributed by atoms with van der Waals surface area (Å²) in [7, 11) is -3.55. The van der Waals surface area contributed by atoms with Crippen LogP contribution in [0.5, 0.6) is 0 Å². The first-order valence-corrected chi connectivity index (χ1v) is 12.1. The van der Waals surface area contributed by atoms with Crippen LogP contribution in [0.25, 0.3) is 0 Å². The molecule has 1 fully saturated rings. The van der Waals surface area contributed by atoms with Crippen molar-refractivity contribution in [3.8, 4) is 0 Å². The number of rotatable bonds is 7. The molecule has 2 amide bonds. The summed E-state index contributed by atoms with van der Waals surface area (Å²) in [5, 5.41) is 6.97. The number of nitrogens with zero attached hydrogens (tertiary/aromatic N) is 1. The average molecular weight is 426 g/mol. The van der Waals surface area contributed by atoms with E-state index in [1.807, 2.05) is 0 Å². The van der Waals surface area contributed by atoms with Crippen LogP contribution in [0.4, 0.5) is 0 Å². The first kappa shape index (κ1) is 21.0. The minimum Gasteiger partial charge on any atom is -0.348 e. The van der Waals surface area contributed by atoms with Gasteiger partial charge in [0, 0.05) is 25.7 Å². The Labute approximate surface area is 170 Å². The highest BCUT2D eigenvalue weighted by Crippen LogP contribution is 2.28. The number of nitrogens with one attached hydrogen (secondary N) is 2. The van der Waals surface area contributed by atoms with Crippen LogP contribution < -0.4 is 10.6 Å². The topological polar surface area (TPSA) is 95.6 Å². The third-order valence-electron chi connectivity index (χ3n) is 5.20. The van der Waals surface area contributed by atoms with Gasteiger partial charge < -0.3 is 10.6 Å². The molecule has 0 aromatic carbocycles. The Morgan fingerprint density at radius 2 is 2.00 bits per heavy atom. The minimum absolute atomic E-state index is 0.141. The van der Waals surface area contributed by atoms with Crippen molar-refractivity contribution in [3.63, 3.8) is 0 Å². The number of amides is 2. The maximum Gasteiger partial charge on any atom is 0.309 e. The fourth-order valence-corrected chi connectivity index (χ4v) is 6.51. The van der Waals surface area contributed by atoms with Crippen molar-refractivity contribution in [2.45, 2.75) is 55.2 Å². The molecule has 0 unspecified atom stereocenters. The van der Waals surface area contributed by atoms with E-state index >= 15 is 0 Å². The highest BCUT2D eigenvalue weighted by molar-refractivity contribution is 7.91. The second-order valence-corrected chi connectivity index (χ2v) is 10.2. The van der Waals surface area contributed by atoms with Gasteiger partial charge in [-0.25, -0.2) is 8.42 Å². The molecule has 154 valence electrons. The summed E-state index contributed by atoms with van der Waals surface area (Å²) in [5.74, 6) is -1.37. The van der Waals surface area contributed by atoms with Crippen LogP contribution in [-0.2, 0) is 19.6 Å². The van der Waals surface area contributed by atoms with Crippen molar-refractivity contribution >= 4 is 33.2 Å². The lowest BCUT2D eigenvalue weighted by molar-refractivity contribution is -0.139. The molecule has 0 saturated carbocycles. The maximum absolute atomic E-state index is 12.7. The smallest absolute Gasteiger partial charge is 0.309 e. The monoisotopic (exact) mass is 425 g/mol. The van der Waals surface area contributed by atoms with E-state index in [1.54, 1.807) is 17.5 Å². The summed E-state index contributed by atoms with van der Waals surface area (Å²) in [6.45, 7) is 1.02. The van der Waals surface area contributed by atoms with Gasteiger partial charge in [0.25, 0.3) is 10.0 Å². The lowest BCUT2D eigenvalue weighted by Gasteiger charge is -2.23. The van der Waals surface area contributed by atoms with Crippen LogP contribution in [0.3, 0.4) is 0 Å². The molecule has 1 aromatic rings. The standard InChI is InChI=1S/C19H27N3O4S2/c23-18(20-11-10-15-6-2-1-3-7-15)19(24)21-14-16-8-4-12-22(16)28(25,26)17-9-5-13-27-17/h5-6,9,13,16H,1-4,7-8,10-12,14H2,(H,20,23)(H,21,24)/t16-/m0/s1. The minimum atomic E-state index is -3.55. The molecule has 7 nitrogen and oxygen atoms in total. The van der Waals surface area contributed by atoms with E-state index in [0.29, 0.717) is 23.7 Å². The summed E-state index contributed by atoms with van der Waals surface area (Å²) in [4.78, 5) is 24.0. The molecule has 1 aromatic heterocycles. The molecule has 1 atom stereocenters. The Kier molecular flexibility index (Phi) is 7.25. The van der Waals surface area contributed by atoms with Gasteiger partial charge in [-0.05, 0) is 56.4 Å². The van der Waals surface area contributed by atoms with Gasteiger partial charge >= 0.3 is 11.8 Å². The van der Waals surface area contributed by atoms with E-state index < -0.39 is 21.8 Å². The van der Waals surface area contributed by atoms with Crippen LogP contribution in [-0.4, -0.2) is 50.2 Å². The molecule has 2 N–H and O–H groups in total. The van der Waals surface area contributed by atoms with E-state index in [4.69, 9.17) is 0 Å². The number of carbonyl (C=O) groups excluding carboxylic acids is 2. The number of allylic oxidation sites excluding steroid dienone is 1. The fourth-order valence-electron chi connectivity index (χ4n) is 3.69. The molecule has 2 heterocycles. The molecule has 2 aliphatic rings. The first-order valence-electron chi connectivity index (χ1n) is 9.78. The molecule has 9 heteroatoms. The highest BCUT2D eigenvalue weighted by Gasteiger charge is 2.36. The van der Waals surface area contributed by atoms with Crippen molar-refractivity contribution in [2.24, 2.45) is 0 Å². The molecule has 0 spiro atoms. The molecule has 1 aliphatic carbocycles. The van der Waals surface area contributed by atoms with E-state index in [0.717, 1.165) is 25.7 Å². The third kappa shape index (κ3) is 5.21. The van der Waals surface area contributed by atoms with Gasteiger partial charge in [0.05, 0.1) is 0 Å². The van der Waals surface area contributed by atoms with Crippen molar-refractivity contribution < 1.29 is 18.0 Å². The van der Waals surface area contributed by atoms with Crippen molar-refractivity contribution in [3.05, 3.63) is 29.2 Å². The second-order valence-electron chi connectivity index (χ2n) is 7.17. The summed E-state index contributed by atoms with van der Waals surface area (Å²) in [6, 6.07) is 2.97. The number of thiophene rings is 1. The van der Waals surface area contributed by atoms with E-state index in [2.05, 4.69) is 16.7 Å². The Hall–Kier alpha value is -1.71. The van der Waals surface area contributed by atoms with Gasteiger partial charge in [-0.1, -0.05) is 17.7 Å². The Morgan fingerprint density at radius 1 is 1.18 bits per heavy atom. The number of sulfonamides is 1. The van der Waals surface area contributed by atoms with Crippen LogP contribution in [0.1, 0.15) is 44.9 Å². The van der Waals surface area contributed by atoms with Crippen molar-refractivity contribution in [1.82, 2.24) is 14.9 Å². The third-order valence-corrected chi connectivity index (χ3v) is 8.53. The molecule has 1 saturated heterocycles. The average Bonchev–Trinajstić information content (AvgIpc) is 3.39. The molecular weight excluding hydrogens is 398 g/mol. The van der Waals surface area contributed by atoms with Crippen LogP contribution >= 0.6 is 11.3 Å². The Morgan fingerprint density at radius 3 is 2.71 bits per heavy atom. The molecule has 0 radical (unpaired) electrons. The van der Waals surface area contributed by atoms with Gasteiger partial charge in [-0.15, -0.1) is 11.3 Å². The lowest BCUT2D eigenvalue weighted by atomic mass is 9.97. The van der Waals surface area contributed by atoms with Gasteiger partial charge in [-0.2, -0.15) is 4.31 Å². The maximum atomic E-state index is 12.7. The first-order chi connectivity index (χ1) is 13.5. The summed E-state index contributed by atoms with van der Waals surface area (Å²) >= 11 is 1.18. The Balaban J connectivity index is 1.45. The number of carbonyl (C=O) groups is 2. The van der Waals surface area contributed by atoms with Crippen molar-refractivity contribution in [2.75, 3.05) is 19.6 Å². The largest absolute Gasteiger partial charge is 0.348 e. The molecule has 1 aliphatic heterocycles. The predicted molar refractivity (Wildman–Crippen MR) is 108 cm³/mol. The normalized spacial score (nSPS) is 20.6. The Bertz CT molecular complexity index is 818. The van der Waals surface area contributed by atoms with Crippen LogP contribution in [0, 0.1) is 0 Å². The zero-order valence-corrected chi connectivity index (χ0v) is 17.5. The molecule has 3 rings (SSSR count). The van der Waals surface area contributed by atoms with E-state index in [1.165, 1.54) is 34.1 Å². The summed E-state index contributed by atoms with van der Waals surface area (Å²) < 4.78 is 27.2. The molecular formula is C19H27N3O4S2. The lowest BCUT2D eigenvalue weighted by Crippen LogP contribution is -2.47. The zero-order chi connectivity index (χ0) is 20.0. The van der Waals surface area contributed by atoms with Crippen LogP contribution in [0.15, 0.2) is 33.4 Å². The van der Waals surface area contributed by atoms with E-state index in [9.17, 15) is 18.0 Å². The SMILES string of the molecule is O=C(NCCC1=CCCCC1)C(=O)NC[C@@H]1CCCN1S(=O)(=O)c1cccs1. The van der Waals surface area contributed by atoms with Gasteiger partial charge in [0.2, 0.25) is 0 Å². The highest BCUT2D eigenvalue weighted by atomic mass is 32.2. The zero-order valence-electron chi connectivity index (χ0n) is 15.9. The predicted octanol–water partition coefficient (Wildman–Crippen LogP) is 2.02. The number of hydrogen-bond donors (Lipinski definition) is 2.